The highest BCUT2D eigenvalue weighted by molar-refractivity contribution is 6.03. The lowest BCUT2D eigenvalue weighted by atomic mass is 9.95. The second kappa shape index (κ2) is 4.88. The van der Waals surface area contributed by atoms with Gasteiger partial charge in [-0.2, -0.15) is 0 Å². The predicted molar refractivity (Wildman–Crippen MR) is 77.5 cm³/mol. The van der Waals surface area contributed by atoms with Crippen molar-refractivity contribution in [3.63, 3.8) is 0 Å². The molecule has 0 saturated heterocycles. The number of fused-ring (bicyclic) bond motifs is 1. The summed E-state index contributed by atoms with van der Waals surface area (Å²) in [6.07, 6.45) is 0.601. The standard InChI is InChI=1S/C17H17NO/c1-13-11-17(19)15-9-5-6-10-16(15)18(13)12-14-7-3-2-4-8-14/h2-10,13H,11-12H2,1H3. The zero-order valence-corrected chi connectivity index (χ0v) is 11.0. The van der Waals surface area contributed by atoms with Gasteiger partial charge < -0.3 is 4.90 Å². The van der Waals surface area contributed by atoms with E-state index in [0.717, 1.165) is 17.8 Å². The van der Waals surface area contributed by atoms with E-state index in [-0.39, 0.29) is 11.8 Å². The van der Waals surface area contributed by atoms with Crippen LogP contribution in [0.1, 0.15) is 29.3 Å². The molecule has 2 heteroatoms. The molecule has 0 N–H and O–H groups in total. The first-order valence-corrected chi connectivity index (χ1v) is 6.68. The van der Waals surface area contributed by atoms with E-state index < -0.39 is 0 Å². The third kappa shape index (κ3) is 2.26. The second-order valence-corrected chi connectivity index (χ2v) is 5.11. The molecule has 1 unspecified atom stereocenters. The summed E-state index contributed by atoms with van der Waals surface area (Å²) in [5, 5.41) is 0. The summed E-state index contributed by atoms with van der Waals surface area (Å²) in [6.45, 7) is 2.98. The lowest BCUT2D eigenvalue weighted by Crippen LogP contribution is -2.39. The van der Waals surface area contributed by atoms with E-state index >= 15 is 0 Å². The van der Waals surface area contributed by atoms with Gasteiger partial charge in [0.2, 0.25) is 0 Å². The average molecular weight is 251 g/mol. The molecule has 1 aliphatic heterocycles. The largest absolute Gasteiger partial charge is 0.363 e. The minimum Gasteiger partial charge on any atom is -0.363 e. The normalized spacial score (nSPS) is 18.3. The van der Waals surface area contributed by atoms with Gasteiger partial charge in [0.25, 0.3) is 0 Å². The highest BCUT2D eigenvalue weighted by Crippen LogP contribution is 2.31. The van der Waals surface area contributed by atoms with E-state index in [1.165, 1.54) is 5.56 Å². The Bertz CT molecular complexity index is 591. The minimum atomic E-state index is 0.252. The maximum Gasteiger partial charge on any atom is 0.166 e. The molecule has 0 spiro atoms. The van der Waals surface area contributed by atoms with Crippen LogP contribution in [-0.2, 0) is 6.54 Å². The van der Waals surface area contributed by atoms with Crippen molar-refractivity contribution < 1.29 is 4.79 Å². The Kier molecular flexibility index (Phi) is 3.08. The first-order valence-electron chi connectivity index (χ1n) is 6.68. The third-order valence-electron chi connectivity index (χ3n) is 3.72. The number of nitrogens with zero attached hydrogens (tertiary/aromatic N) is 1. The summed E-state index contributed by atoms with van der Waals surface area (Å²) >= 11 is 0. The van der Waals surface area contributed by atoms with Crippen LogP contribution in [0.4, 0.5) is 5.69 Å². The molecule has 0 bridgehead atoms. The maximum absolute atomic E-state index is 12.1. The monoisotopic (exact) mass is 251 g/mol. The molecule has 1 aliphatic rings. The molecule has 0 saturated carbocycles. The number of anilines is 1. The van der Waals surface area contributed by atoms with Crippen molar-refractivity contribution in [2.75, 3.05) is 4.90 Å². The zero-order chi connectivity index (χ0) is 13.2. The average Bonchev–Trinajstić information content (AvgIpc) is 2.45. The minimum absolute atomic E-state index is 0.252. The van der Waals surface area contributed by atoms with Crippen molar-refractivity contribution in [1.29, 1.82) is 0 Å². The number of hydrogen-bond donors (Lipinski definition) is 0. The number of carbonyl (C=O) groups excluding carboxylic acids is 1. The Morgan fingerprint density at radius 1 is 1.05 bits per heavy atom. The fourth-order valence-corrected chi connectivity index (χ4v) is 2.71. The molecule has 2 aromatic carbocycles. The molecule has 0 fully saturated rings. The first-order chi connectivity index (χ1) is 9.25. The smallest absolute Gasteiger partial charge is 0.166 e. The molecule has 0 amide bonds. The third-order valence-corrected chi connectivity index (χ3v) is 3.72. The van der Waals surface area contributed by atoms with Crippen molar-refractivity contribution in [2.45, 2.75) is 25.9 Å². The van der Waals surface area contributed by atoms with Crippen LogP contribution in [0, 0.1) is 0 Å². The Balaban J connectivity index is 1.97. The van der Waals surface area contributed by atoms with Gasteiger partial charge in [0.1, 0.15) is 0 Å². The number of para-hydroxylation sites is 1. The van der Waals surface area contributed by atoms with E-state index in [1.54, 1.807) is 0 Å². The fraction of sp³-hybridized carbons (Fsp3) is 0.235. The van der Waals surface area contributed by atoms with Gasteiger partial charge in [-0.15, -0.1) is 0 Å². The molecule has 96 valence electrons. The molecule has 19 heavy (non-hydrogen) atoms. The quantitative estimate of drug-likeness (QED) is 0.811. The molecule has 1 heterocycles. The van der Waals surface area contributed by atoms with Crippen LogP contribution in [0.5, 0.6) is 0 Å². The van der Waals surface area contributed by atoms with Crippen LogP contribution in [0.3, 0.4) is 0 Å². The summed E-state index contributed by atoms with van der Waals surface area (Å²) in [5.74, 6) is 0.257. The fourth-order valence-electron chi connectivity index (χ4n) is 2.71. The molecule has 3 rings (SSSR count). The van der Waals surface area contributed by atoms with Crippen LogP contribution in [0.25, 0.3) is 0 Å². The Labute approximate surface area is 113 Å². The Morgan fingerprint density at radius 2 is 1.74 bits per heavy atom. The maximum atomic E-state index is 12.1. The molecule has 0 aromatic heterocycles. The van der Waals surface area contributed by atoms with E-state index in [0.29, 0.717) is 6.42 Å². The van der Waals surface area contributed by atoms with Gasteiger partial charge in [-0.1, -0.05) is 42.5 Å². The van der Waals surface area contributed by atoms with Crippen molar-refractivity contribution in [3.05, 3.63) is 65.7 Å². The Hall–Kier alpha value is -2.09. The molecular weight excluding hydrogens is 234 g/mol. The van der Waals surface area contributed by atoms with Crippen molar-refractivity contribution in [2.24, 2.45) is 0 Å². The Morgan fingerprint density at radius 3 is 2.53 bits per heavy atom. The zero-order valence-electron chi connectivity index (χ0n) is 11.0. The second-order valence-electron chi connectivity index (χ2n) is 5.11. The van der Waals surface area contributed by atoms with Crippen LogP contribution < -0.4 is 4.90 Å². The van der Waals surface area contributed by atoms with Crippen LogP contribution >= 0.6 is 0 Å². The lowest BCUT2D eigenvalue weighted by Gasteiger charge is -2.36. The molecule has 0 radical (unpaired) electrons. The molecule has 1 atom stereocenters. The molecular formula is C17H17NO. The number of Topliss-reactive ketones (excluding diaryl/α,β-unsaturated/α-hetero) is 1. The molecule has 2 nitrogen and oxygen atoms in total. The van der Waals surface area contributed by atoms with Crippen LogP contribution in [0.2, 0.25) is 0 Å². The number of carbonyl (C=O) groups is 1. The van der Waals surface area contributed by atoms with Gasteiger partial charge in [-0.3, -0.25) is 4.79 Å². The number of benzene rings is 2. The van der Waals surface area contributed by atoms with Crippen molar-refractivity contribution in [3.8, 4) is 0 Å². The summed E-state index contributed by atoms with van der Waals surface area (Å²) in [4.78, 5) is 14.4. The van der Waals surface area contributed by atoms with E-state index in [4.69, 9.17) is 0 Å². The van der Waals surface area contributed by atoms with E-state index in [9.17, 15) is 4.79 Å². The summed E-state index contributed by atoms with van der Waals surface area (Å²) < 4.78 is 0. The molecule has 0 aliphatic carbocycles. The van der Waals surface area contributed by atoms with Crippen LogP contribution in [-0.4, -0.2) is 11.8 Å². The first kappa shape index (κ1) is 12.0. The van der Waals surface area contributed by atoms with Crippen LogP contribution in [0.15, 0.2) is 54.6 Å². The van der Waals surface area contributed by atoms with Gasteiger partial charge >= 0.3 is 0 Å². The summed E-state index contributed by atoms with van der Waals surface area (Å²) in [5.41, 5.74) is 3.20. The van der Waals surface area contributed by atoms with Gasteiger partial charge in [0, 0.05) is 30.3 Å². The highest BCUT2D eigenvalue weighted by atomic mass is 16.1. The molecule has 2 aromatic rings. The number of hydrogen-bond acceptors (Lipinski definition) is 2. The van der Waals surface area contributed by atoms with Gasteiger partial charge in [0.05, 0.1) is 0 Å². The summed E-state index contributed by atoms with van der Waals surface area (Å²) in [6, 6.07) is 18.6. The lowest BCUT2D eigenvalue weighted by molar-refractivity contribution is 0.0968. The topological polar surface area (TPSA) is 20.3 Å². The van der Waals surface area contributed by atoms with Gasteiger partial charge in [-0.25, -0.2) is 0 Å². The van der Waals surface area contributed by atoms with Gasteiger partial charge in [0.15, 0.2) is 5.78 Å². The van der Waals surface area contributed by atoms with Crippen molar-refractivity contribution in [1.82, 2.24) is 0 Å². The number of ketones is 1. The predicted octanol–water partition coefficient (Wildman–Crippen LogP) is 3.67. The highest BCUT2D eigenvalue weighted by Gasteiger charge is 2.27. The SMILES string of the molecule is CC1CC(=O)c2ccccc2N1Cc1ccccc1. The van der Waals surface area contributed by atoms with E-state index in [1.807, 2.05) is 30.3 Å². The summed E-state index contributed by atoms with van der Waals surface area (Å²) in [7, 11) is 0. The van der Waals surface area contributed by atoms with Gasteiger partial charge in [-0.05, 0) is 24.6 Å². The van der Waals surface area contributed by atoms with E-state index in [2.05, 4.69) is 36.1 Å². The van der Waals surface area contributed by atoms with Crippen molar-refractivity contribution >= 4 is 11.5 Å². The number of rotatable bonds is 2.